The summed E-state index contributed by atoms with van der Waals surface area (Å²) in [5.74, 6) is -0.258. The molecule has 92 valence electrons. The molecule has 17 heavy (non-hydrogen) atoms. The van der Waals surface area contributed by atoms with E-state index < -0.39 is 0 Å². The van der Waals surface area contributed by atoms with Crippen LogP contribution in [0, 0.1) is 22.6 Å². The Morgan fingerprint density at radius 3 is 2.76 bits per heavy atom. The smallest absolute Gasteiger partial charge is 0.124 e. The van der Waals surface area contributed by atoms with Gasteiger partial charge in [0, 0.05) is 23.1 Å². The zero-order valence-electron chi connectivity index (χ0n) is 10.1. The predicted molar refractivity (Wildman–Crippen MR) is 71.2 cm³/mol. The third-order valence-corrected chi connectivity index (χ3v) is 3.26. The SMILES string of the molecule is CC(C)(CCC#N)CNc1ccc(F)cc1Br. The molecule has 1 rings (SSSR count). The van der Waals surface area contributed by atoms with Crippen molar-refractivity contribution in [3.63, 3.8) is 0 Å². The molecule has 1 aromatic carbocycles. The van der Waals surface area contributed by atoms with E-state index in [4.69, 9.17) is 5.26 Å². The Labute approximate surface area is 110 Å². The Hall–Kier alpha value is -1.08. The highest BCUT2D eigenvalue weighted by atomic mass is 79.9. The van der Waals surface area contributed by atoms with Crippen LogP contribution >= 0.6 is 15.9 Å². The van der Waals surface area contributed by atoms with Crippen LogP contribution in [0.5, 0.6) is 0 Å². The van der Waals surface area contributed by atoms with E-state index in [-0.39, 0.29) is 11.2 Å². The van der Waals surface area contributed by atoms with Crippen LogP contribution in [0.1, 0.15) is 26.7 Å². The number of halogens is 2. The Balaban J connectivity index is 2.58. The summed E-state index contributed by atoms with van der Waals surface area (Å²) in [7, 11) is 0. The molecule has 2 nitrogen and oxygen atoms in total. The van der Waals surface area contributed by atoms with E-state index in [1.807, 2.05) is 0 Å². The standard InChI is InChI=1S/C13H16BrFN2/c1-13(2,6-3-7-16)9-17-12-5-4-10(15)8-11(12)14/h4-5,8,17H,3,6,9H2,1-2H3. The van der Waals surface area contributed by atoms with Crippen molar-refractivity contribution >= 4 is 21.6 Å². The average molecular weight is 299 g/mol. The van der Waals surface area contributed by atoms with Crippen LogP contribution in [-0.2, 0) is 0 Å². The molecule has 0 spiro atoms. The van der Waals surface area contributed by atoms with Gasteiger partial charge in [-0.15, -0.1) is 0 Å². The molecule has 0 radical (unpaired) electrons. The molecular weight excluding hydrogens is 283 g/mol. The number of hydrogen-bond donors (Lipinski definition) is 1. The van der Waals surface area contributed by atoms with Crippen molar-refractivity contribution in [2.24, 2.45) is 5.41 Å². The summed E-state index contributed by atoms with van der Waals surface area (Å²) in [6, 6.07) is 6.72. The zero-order valence-corrected chi connectivity index (χ0v) is 11.6. The van der Waals surface area contributed by atoms with E-state index in [1.54, 1.807) is 6.07 Å². The van der Waals surface area contributed by atoms with Gasteiger partial charge in [0.15, 0.2) is 0 Å². The first-order valence-corrected chi connectivity index (χ1v) is 6.30. The number of nitriles is 1. The van der Waals surface area contributed by atoms with Gasteiger partial charge in [-0.1, -0.05) is 13.8 Å². The molecule has 0 unspecified atom stereocenters. The van der Waals surface area contributed by atoms with Crippen LogP contribution in [0.25, 0.3) is 0 Å². The highest BCUT2D eigenvalue weighted by Crippen LogP contribution is 2.27. The highest BCUT2D eigenvalue weighted by molar-refractivity contribution is 9.10. The molecule has 0 saturated carbocycles. The van der Waals surface area contributed by atoms with E-state index >= 15 is 0 Å². The van der Waals surface area contributed by atoms with Crippen LogP contribution in [-0.4, -0.2) is 6.54 Å². The van der Waals surface area contributed by atoms with Gasteiger partial charge in [-0.2, -0.15) is 5.26 Å². The molecule has 0 aliphatic rings. The van der Waals surface area contributed by atoms with Crippen molar-refractivity contribution in [2.45, 2.75) is 26.7 Å². The Kier molecular flexibility index (Phi) is 4.95. The first-order valence-electron chi connectivity index (χ1n) is 5.50. The van der Waals surface area contributed by atoms with Crippen molar-refractivity contribution in [3.8, 4) is 6.07 Å². The number of nitrogens with one attached hydrogen (secondary N) is 1. The van der Waals surface area contributed by atoms with Crippen LogP contribution in [0.2, 0.25) is 0 Å². The Morgan fingerprint density at radius 1 is 1.47 bits per heavy atom. The third kappa shape index (κ3) is 4.74. The van der Waals surface area contributed by atoms with Gasteiger partial charge >= 0.3 is 0 Å². The Bertz CT molecular complexity index is 424. The van der Waals surface area contributed by atoms with Crippen molar-refractivity contribution in [1.82, 2.24) is 0 Å². The summed E-state index contributed by atoms with van der Waals surface area (Å²) in [5.41, 5.74) is 0.917. The summed E-state index contributed by atoms with van der Waals surface area (Å²) < 4.78 is 13.6. The molecule has 0 atom stereocenters. The highest BCUT2D eigenvalue weighted by Gasteiger charge is 2.17. The molecule has 0 amide bonds. The lowest BCUT2D eigenvalue weighted by molar-refractivity contribution is 0.364. The fourth-order valence-electron chi connectivity index (χ4n) is 1.45. The fourth-order valence-corrected chi connectivity index (χ4v) is 1.94. The summed E-state index contributed by atoms with van der Waals surface area (Å²) >= 11 is 3.31. The predicted octanol–water partition coefficient (Wildman–Crippen LogP) is 4.33. The van der Waals surface area contributed by atoms with Crippen LogP contribution in [0.4, 0.5) is 10.1 Å². The van der Waals surface area contributed by atoms with Gasteiger partial charge in [-0.25, -0.2) is 4.39 Å². The second-order valence-corrected chi connectivity index (χ2v) is 5.65. The van der Waals surface area contributed by atoms with Crippen molar-refractivity contribution < 1.29 is 4.39 Å². The number of nitrogens with zero attached hydrogens (tertiary/aromatic N) is 1. The molecular formula is C13H16BrFN2. The minimum atomic E-state index is -0.258. The summed E-state index contributed by atoms with van der Waals surface area (Å²) in [4.78, 5) is 0. The van der Waals surface area contributed by atoms with Gasteiger partial charge < -0.3 is 5.32 Å². The number of hydrogen-bond acceptors (Lipinski definition) is 2. The summed E-state index contributed by atoms with van der Waals surface area (Å²) in [6.07, 6.45) is 1.40. The van der Waals surface area contributed by atoms with E-state index in [9.17, 15) is 4.39 Å². The minimum absolute atomic E-state index is 0.0452. The molecule has 0 aromatic heterocycles. The van der Waals surface area contributed by atoms with E-state index in [2.05, 4.69) is 41.2 Å². The second-order valence-electron chi connectivity index (χ2n) is 4.80. The Morgan fingerprint density at radius 2 is 2.18 bits per heavy atom. The first kappa shape index (κ1) is 14.0. The lowest BCUT2D eigenvalue weighted by atomic mass is 9.88. The molecule has 0 aliphatic heterocycles. The van der Waals surface area contributed by atoms with Gasteiger partial charge in [0.1, 0.15) is 5.82 Å². The molecule has 0 heterocycles. The first-order chi connectivity index (χ1) is 7.94. The summed E-state index contributed by atoms with van der Waals surface area (Å²) in [5, 5.41) is 11.8. The molecule has 0 bridgehead atoms. The van der Waals surface area contributed by atoms with Crippen LogP contribution < -0.4 is 5.32 Å². The second kappa shape index (κ2) is 6.02. The third-order valence-electron chi connectivity index (χ3n) is 2.60. The molecule has 0 fully saturated rings. The lowest BCUT2D eigenvalue weighted by Crippen LogP contribution is -2.23. The molecule has 0 saturated heterocycles. The fraction of sp³-hybridized carbons (Fsp3) is 0.462. The largest absolute Gasteiger partial charge is 0.384 e. The maximum Gasteiger partial charge on any atom is 0.124 e. The summed E-state index contributed by atoms with van der Waals surface area (Å²) in [6.45, 7) is 4.96. The quantitative estimate of drug-likeness (QED) is 0.878. The molecule has 0 aliphatic carbocycles. The van der Waals surface area contributed by atoms with Crippen molar-refractivity contribution in [2.75, 3.05) is 11.9 Å². The number of benzene rings is 1. The van der Waals surface area contributed by atoms with E-state index in [1.165, 1.54) is 12.1 Å². The van der Waals surface area contributed by atoms with Gasteiger partial charge in [-0.3, -0.25) is 0 Å². The number of anilines is 1. The topological polar surface area (TPSA) is 35.8 Å². The molecule has 1 N–H and O–H groups in total. The zero-order chi connectivity index (χ0) is 12.9. The number of rotatable bonds is 5. The monoisotopic (exact) mass is 298 g/mol. The molecule has 1 aromatic rings. The molecule has 4 heteroatoms. The van der Waals surface area contributed by atoms with Gasteiger partial charge in [0.25, 0.3) is 0 Å². The van der Waals surface area contributed by atoms with Crippen LogP contribution in [0.3, 0.4) is 0 Å². The van der Waals surface area contributed by atoms with E-state index in [0.717, 1.165) is 18.7 Å². The van der Waals surface area contributed by atoms with Gasteiger partial charge in [0.2, 0.25) is 0 Å². The maximum atomic E-state index is 12.9. The van der Waals surface area contributed by atoms with E-state index in [0.29, 0.717) is 10.9 Å². The lowest BCUT2D eigenvalue weighted by Gasteiger charge is -2.24. The van der Waals surface area contributed by atoms with Crippen molar-refractivity contribution in [1.29, 1.82) is 5.26 Å². The maximum absolute atomic E-state index is 12.9. The van der Waals surface area contributed by atoms with Gasteiger partial charge in [-0.05, 0) is 46.0 Å². The van der Waals surface area contributed by atoms with Crippen LogP contribution in [0.15, 0.2) is 22.7 Å². The van der Waals surface area contributed by atoms with Gasteiger partial charge in [0.05, 0.1) is 6.07 Å². The average Bonchev–Trinajstić information content (AvgIpc) is 2.25. The normalized spacial score (nSPS) is 11.0. The van der Waals surface area contributed by atoms with Crippen molar-refractivity contribution in [3.05, 3.63) is 28.5 Å². The minimum Gasteiger partial charge on any atom is -0.384 e.